The van der Waals surface area contributed by atoms with Gasteiger partial charge in [0.05, 0.1) is 10.7 Å². The minimum atomic E-state index is 0.0514. The van der Waals surface area contributed by atoms with Crippen molar-refractivity contribution >= 4 is 23.2 Å². The van der Waals surface area contributed by atoms with E-state index in [1.165, 1.54) is 0 Å². The summed E-state index contributed by atoms with van der Waals surface area (Å²) in [5, 5.41) is 0.650. The van der Waals surface area contributed by atoms with Gasteiger partial charge < -0.3 is 14.8 Å². The number of rotatable bonds is 2. The Balaban J connectivity index is 1.65. The van der Waals surface area contributed by atoms with Crippen LogP contribution in [0.3, 0.4) is 0 Å². The van der Waals surface area contributed by atoms with Crippen LogP contribution in [-0.4, -0.2) is 47.0 Å². The maximum absolute atomic E-state index is 12.2. The SMILES string of the molecule is O=C(c1ccc[nH]1)N1CCN(c2ccncc2Cl)CC1. The Morgan fingerprint density at radius 1 is 1.25 bits per heavy atom. The quantitative estimate of drug-likeness (QED) is 0.921. The van der Waals surface area contributed by atoms with Crippen LogP contribution in [0.1, 0.15) is 10.5 Å². The first-order valence-electron chi connectivity index (χ1n) is 6.53. The van der Waals surface area contributed by atoms with Crippen LogP contribution in [0.5, 0.6) is 0 Å². The van der Waals surface area contributed by atoms with Gasteiger partial charge in [0, 0.05) is 44.8 Å². The van der Waals surface area contributed by atoms with Crippen LogP contribution in [0, 0.1) is 0 Å². The molecule has 1 fully saturated rings. The number of hydrogen-bond donors (Lipinski definition) is 1. The number of nitrogens with zero attached hydrogens (tertiary/aromatic N) is 3. The van der Waals surface area contributed by atoms with Gasteiger partial charge in [0.25, 0.3) is 5.91 Å². The van der Waals surface area contributed by atoms with Gasteiger partial charge in [0.2, 0.25) is 0 Å². The number of halogens is 1. The van der Waals surface area contributed by atoms with Gasteiger partial charge in [-0.25, -0.2) is 0 Å². The number of amides is 1. The van der Waals surface area contributed by atoms with E-state index in [2.05, 4.69) is 14.9 Å². The number of aromatic nitrogens is 2. The summed E-state index contributed by atoms with van der Waals surface area (Å²) < 4.78 is 0. The number of piperazine rings is 1. The summed E-state index contributed by atoms with van der Waals surface area (Å²) in [6, 6.07) is 5.54. The number of anilines is 1. The van der Waals surface area contributed by atoms with Crippen molar-refractivity contribution in [2.75, 3.05) is 31.1 Å². The molecule has 0 saturated carbocycles. The molecule has 1 saturated heterocycles. The third-order valence-corrected chi connectivity index (χ3v) is 3.78. The van der Waals surface area contributed by atoms with E-state index >= 15 is 0 Å². The third kappa shape index (κ3) is 2.49. The standard InChI is InChI=1S/C14H15ClN4O/c15-11-10-16-5-3-13(11)18-6-8-19(9-7-18)14(20)12-2-1-4-17-12/h1-5,10,17H,6-9H2. The summed E-state index contributed by atoms with van der Waals surface area (Å²) in [6.45, 7) is 2.93. The van der Waals surface area contributed by atoms with E-state index in [1.54, 1.807) is 24.7 Å². The van der Waals surface area contributed by atoms with E-state index in [0.29, 0.717) is 23.8 Å². The molecule has 104 valence electrons. The van der Waals surface area contributed by atoms with Gasteiger partial charge in [-0.15, -0.1) is 0 Å². The van der Waals surface area contributed by atoms with Crippen molar-refractivity contribution in [3.63, 3.8) is 0 Å². The molecule has 5 nitrogen and oxygen atoms in total. The Morgan fingerprint density at radius 3 is 2.70 bits per heavy atom. The van der Waals surface area contributed by atoms with E-state index in [0.717, 1.165) is 18.8 Å². The first-order chi connectivity index (χ1) is 9.75. The Hall–Kier alpha value is -2.01. The monoisotopic (exact) mass is 290 g/mol. The zero-order valence-corrected chi connectivity index (χ0v) is 11.7. The largest absolute Gasteiger partial charge is 0.367 e. The number of aromatic amines is 1. The summed E-state index contributed by atoms with van der Waals surface area (Å²) in [6.07, 6.45) is 5.14. The van der Waals surface area contributed by atoms with E-state index in [9.17, 15) is 4.79 Å². The Bertz CT molecular complexity index is 591. The Kier molecular flexibility index (Phi) is 3.60. The molecular formula is C14H15ClN4O. The average Bonchev–Trinajstić information content (AvgIpc) is 3.01. The molecule has 2 aromatic heterocycles. The van der Waals surface area contributed by atoms with Crippen LogP contribution in [0.25, 0.3) is 0 Å². The zero-order valence-electron chi connectivity index (χ0n) is 10.9. The molecule has 2 aromatic rings. The first-order valence-corrected chi connectivity index (χ1v) is 6.90. The molecule has 1 N–H and O–H groups in total. The number of hydrogen-bond acceptors (Lipinski definition) is 3. The topological polar surface area (TPSA) is 52.2 Å². The van der Waals surface area contributed by atoms with Crippen molar-refractivity contribution in [3.05, 3.63) is 47.5 Å². The fraction of sp³-hybridized carbons (Fsp3) is 0.286. The van der Waals surface area contributed by atoms with Crippen LogP contribution in [0.15, 0.2) is 36.8 Å². The van der Waals surface area contributed by atoms with Crippen LogP contribution in [-0.2, 0) is 0 Å². The summed E-state index contributed by atoms with van der Waals surface area (Å²) in [7, 11) is 0. The molecule has 0 radical (unpaired) electrons. The van der Waals surface area contributed by atoms with Gasteiger partial charge in [0.1, 0.15) is 5.69 Å². The van der Waals surface area contributed by atoms with Crippen molar-refractivity contribution in [2.24, 2.45) is 0 Å². The fourth-order valence-corrected chi connectivity index (χ4v) is 2.65. The lowest BCUT2D eigenvalue weighted by Gasteiger charge is -2.36. The number of nitrogens with one attached hydrogen (secondary N) is 1. The Morgan fingerprint density at radius 2 is 2.05 bits per heavy atom. The van der Waals surface area contributed by atoms with Gasteiger partial charge in [0.15, 0.2) is 0 Å². The number of carbonyl (C=O) groups is 1. The molecule has 1 amide bonds. The van der Waals surface area contributed by atoms with E-state index in [-0.39, 0.29) is 5.91 Å². The molecule has 0 aromatic carbocycles. The average molecular weight is 291 g/mol. The van der Waals surface area contributed by atoms with Crippen LogP contribution >= 0.6 is 11.6 Å². The van der Waals surface area contributed by atoms with Crippen molar-refractivity contribution in [1.82, 2.24) is 14.9 Å². The highest BCUT2D eigenvalue weighted by atomic mass is 35.5. The van der Waals surface area contributed by atoms with E-state index in [1.807, 2.05) is 17.0 Å². The molecule has 0 aliphatic carbocycles. The first kappa shape index (κ1) is 13.0. The predicted octanol–water partition coefficient (Wildman–Crippen LogP) is 2.03. The van der Waals surface area contributed by atoms with Crippen molar-refractivity contribution in [2.45, 2.75) is 0 Å². The van der Waals surface area contributed by atoms with Gasteiger partial charge in [-0.05, 0) is 18.2 Å². The lowest BCUT2D eigenvalue weighted by molar-refractivity contribution is 0.0741. The summed E-state index contributed by atoms with van der Waals surface area (Å²) in [4.78, 5) is 23.2. The third-order valence-electron chi connectivity index (χ3n) is 3.49. The molecule has 1 aliphatic rings. The lowest BCUT2D eigenvalue weighted by atomic mass is 10.2. The second-order valence-corrected chi connectivity index (χ2v) is 5.10. The molecule has 3 heterocycles. The van der Waals surface area contributed by atoms with E-state index < -0.39 is 0 Å². The van der Waals surface area contributed by atoms with Gasteiger partial charge in [-0.1, -0.05) is 11.6 Å². The zero-order chi connectivity index (χ0) is 13.9. The number of pyridine rings is 1. The minimum absolute atomic E-state index is 0.0514. The minimum Gasteiger partial charge on any atom is -0.367 e. The second-order valence-electron chi connectivity index (χ2n) is 4.69. The Labute approximate surface area is 122 Å². The lowest BCUT2D eigenvalue weighted by Crippen LogP contribution is -2.49. The molecular weight excluding hydrogens is 276 g/mol. The van der Waals surface area contributed by atoms with Crippen LogP contribution < -0.4 is 4.90 Å². The molecule has 1 aliphatic heterocycles. The van der Waals surface area contributed by atoms with Crippen LogP contribution in [0.4, 0.5) is 5.69 Å². The van der Waals surface area contributed by atoms with Gasteiger partial charge >= 0.3 is 0 Å². The van der Waals surface area contributed by atoms with Gasteiger partial charge in [-0.3, -0.25) is 9.78 Å². The molecule has 0 atom stereocenters. The second kappa shape index (κ2) is 5.54. The molecule has 0 spiro atoms. The maximum atomic E-state index is 12.2. The van der Waals surface area contributed by atoms with Crippen molar-refractivity contribution in [1.29, 1.82) is 0 Å². The normalized spacial score (nSPS) is 15.4. The fourth-order valence-electron chi connectivity index (χ4n) is 2.41. The molecule has 0 unspecified atom stereocenters. The van der Waals surface area contributed by atoms with Crippen LogP contribution in [0.2, 0.25) is 5.02 Å². The van der Waals surface area contributed by atoms with Crippen molar-refractivity contribution < 1.29 is 4.79 Å². The maximum Gasteiger partial charge on any atom is 0.270 e. The highest BCUT2D eigenvalue weighted by Crippen LogP contribution is 2.25. The smallest absolute Gasteiger partial charge is 0.270 e. The van der Waals surface area contributed by atoms with E-state index in [4.69, 9.17) is 11.6 Å². The van der Waals surface area contributed by atoms with Crippen molar-refractivity contribution in [3.8, 4) is 0 Å². The predicted molar refractivity (Wildman–Crippen MR) is 78.2 cm³/mol. The highest BCUT2D eigenvalue weighted by Gasteiger charge is 2.23. The highest BCUT2D eigenvalue weighted by molar-refractivity contribution is 6.33. The number of H-pyrrole nitrogens is 1. The summed E-state index contributed by atoms with van der Waals surface area (Å²) >= 11 is 6.15. The van der Waals surface area contributed by atoms with Gasteiger partial charge in [-0.2, -0.15) is 0 Å². The number of carbonyl (C=O) groups excluding carboxylic acids is 1. The molecule has 0 bridgehead atoms. The summed E-state index contributed by atoms with van der Waals surface area (Å²) in [5.74, 6) is 0.0514. The molecule has 3 rings (SSSR count). The summed E-state index contributed by atoms with van der Waals surface area (Å²) in [5.41, 5.74) is 1.62. The molecule has 6 heteroatoms. The molecule has 20 heavy (non-hydrogen) atoms.